The Kier molecular flexibility index (Phi) is 5.52. The fourth-order valence-corrected chi connectivity index (χ4v) is 2.47. The molecule has 0 spiro atoms. The monoisotopic (exact) mass is 339 g/mol. The van der Waals surface area contributed by atoms with Gasteiger partial charge in [0.15, 0.2) is 0 Å². The van der Waals surface area contributed by atoms with Gasteiger partial charge in [0, 0.05) is 35.3 Å². The SMILES string of the molecule is CNc1ccc(C(=O)O)c(OCCc2ccc(Cl)cc2Cl)c1. The van der Waals surface area contributed by atoms with Crippen LogP contribution in [0.2, 0.25) is 10.0 Å². The summed E-state index contributed by atoms with van der Waals surface area (Å²) in [6.45, 7) is 0.314. The van der Waals surface area contributed by atoms with E-state index in [1.54, 1.807) is 31.3 Å². The lowest BCUT2D eigenvalue weighted by molar-refractivity contribution is 0.0692. The minimum Gasteiger partial charge on any atom is -0.492 e. The zero-order chi connectivity index (χ0) is 16.1. The first-order valence-electron chi connectivity index (χ1n) is 6.63. The molecule has 0 radical (unpaired) electrons. The molecule has 4 nitrogen and oxygen atoms in total. The van der Waals surface area contributed by atoms with E-state index in [4.69, 9.17) is 27.9 Å². The second-order valence-electron chi connectivity index (χ2n) is 4.60. The van der Waals surface area contributed by atoms with E-state index in [1.807, 2.05) is 6.07 Å². The van der Waals surface area contributed by atoms with Crippen LogP contribution in [-0.4, -0.2) is 24.7 Å². The molecule has 0 aliphatic rings. The number of anilines is 1. The predicted molar refractivity (Wildman–Crippen MR) is 88.6 cm³/mol. The van der Waals surface area contributed by atoms with Crippen LogP contribution in [-0.2, 0) is 6.42 Å². The Morgan fingerprint density at radius 2 is 2.00 bits per heavy atom. The summed E-state index contributed by atoms with van der Waals surface area (Å²) in [6.07, 6.45) is 0.554. The van der Waals surface area contributed by atoms with E-state index in [0.29, 0.717) is 28.8 Å². The molecule has 116 valence electrons. The Labute approximate surface area is 138 Å². The number of nitrogens with one attached hydrogen (secondary N) is 1. The van der Waals surface area contributed by atoms with Crippen LogP contribution in [0.5, 0.6) is 5.75 Å². The number of rotatable bonds is 6. The maximum Gasteiger partial charge on any atom is 0.339 e. The Hall–Kier alpha value is -1.91. The van der Waals surface area contributed by atoms with Crippen LogP contribution in [0.3, 0.4) is 0 Å². The van der Waals surface area contributed by atoms with Gasteiger partial charge in [-0.25, -0.2) is 4.79 Å². The van der Waals surface area contributed by atoms with Crippen molar-refractivity contribution < 1.29 is 14.6 Å². The van der Waals surface area contributed by atoms with E-state index in [0.717, 1.165) is 11.3 Å². The third-order valence-corrected chi connectivity index (χ3v) is 3.73. The zero-order valence-electron chi connectivity index (χ0n) is 11.9. The molecular formula is C16H15Cl2NO3. The summed E-state index contributed by atoms with van der Waals surface area (Å²) in [5, 5.41) is 13.3. The van der Waals surface area contributed by atoms with E-state index in [-0.39, 0.29) is 5.56 Å². The number of hydrogen-bond acceptors (Lipinski definition) is 3. The van der Waals surface area contributed by atoms with Crippen molar-refractivity contribution in [3.8, 4) is 5.75 Å². The van der Waals surface area contributed by atoms with Crippen molar-refractivity contribution in [1.82, 2.24) is 0 Å². The molecule has 0 saturated heterocycles. The van der Waals surface area contributed by atoms with Crippen LogP contribution >= 0.6 is 23.2 Å². The molecule has 0 aliphatic carbocycles. The van der Waals surface area contributed by atoms with Gasteiger partial charge in [0.25, 0.3) is 0 Å². The second-order valence-corrected chi connectivity index (χ2v) is 5.44. The quantitative estimate of drug-likeness (QED) is 0.821. The fourth-order valence-electron chi connectivity index (χ4n) is 1.97. The minimum atomic E-state index is -1.03. The van der Waals surface area contributed by atoms with E-state index >= 15 is 0 Å². The van der Waals surface area contributed by atoms with E-state index in [2.05, 4.69) is 5.32 Å². The average molecular weight is 340 g/mol. The van der Waals surface area contributed by atoms with Gasteiger partial charge in [0.2, 0.25) is 0 Å². The van der Waals surface area contributed by atoms with Crippen LogP contribution in [0, 0.1) is 0 Å². The van der Waals surface area contributed by atoms with Gasteiger partial charge in [-0.2, -0.15) is 0 Å². The third-order valence-electron chi connectivity index (χ3n) is 3.14. The molecule has 0 unspecified atom stereocenters. The first-order chi connectivity index (χ1) is 10.5. The number of hydrogen-bond donors (Lipinski definition) is 2. The molecule has 0 bridgehead atoms. The molecule has 0 heterocycles. The summed E-state index contributed by atoms with van der Waals surface area (Å²) < 4.78 is 5.62. The predicted octanol–water partition coefficient (Wildman–Crippen LogP) is 4.35. The highest BCUT2D eigenvalue weighted by atomic mass is 35.5. The highest BCUT2D eigenvalue weighted by Gasteiger charge is 2.12. The summed E-state index contributed by atoms with van der Waals surface area (Å²) >= 11 is 11.9. The van der Waals surface area contributed by atoms with Gasteiger partial charge < -0.3 is 15.2 Å². The van der Waals surface area contributed by atoms with Gasteiger partial charge in [-0.1, -0.05) is 29.3 Å². The smallest absolute Gasteiger partial charge is 0.339 e. The molecule has 2 aromatic rings. The van der Waals surface area contributed by atoms with Crippen molar-refractivity contribution in [1.29, 1.82) is 0 Å². The molecule has 0 aliphatic heterocycles. The number of ether oxygens (including phenoxy) is 1. The van der Waals surface area contributed by atoms with E-state index < -0.39 is 5.97 Å². The van der Waals surface area contributed by atoms with Gasteiger partial charge in [0.1, 0.15) is 11.3 Å². The van der Waals surface area contributed by atoms with Crippen molar-refractivity contribution in [2.24, 2.45) is 0 Å². The summed E-state index contributed by atoms with van der Waals surface area (Å²) in [5.74, 6) is -0.702. The van der Waals surface area contributed by atoms with Crippen LogP contribution in [0.15, 0.2) is 36.4 Å². The third kappa shape index (κ3) is 4.06. The van der Waals surface area contributed by atoms with Crippen LogP contribution in [0.25, 0.3) is 0 Å². The number of halogens is 2. The van der Waals surface area contributed by atoms with E-state index in [9.17, 15) is 9.90 Å². The highest BCUT2D eigenvalue weighted by molar-refractivity contribution is 6.35. The Bertz CT molecular complexity index is 689. The normalized spacial score (nSPS) is 10.3. The molecule has 2 rings (SSSR count). The van der Waals surface area contributed by atoms with Gasteiger partial charge in [-0.05, 0) is 29.8 Å². The molecule has 0 fully saturated rings. The lowest BCUT2D eigenvalue weighted by Gasteiger charge is -2.11. The topological polar surface area (TPSA) is 58.6 Å². The fraction of sp³-hybridized carbons (Fsp3) is 0.188. The molecule has 2 aromatic carbocycles. The Balaban J connectivity index is 2.09. The summed E-state index contributed by atoms with van der Waals surface area (Å²) in [5.41, 5.74) is 1.80. The van der Waals surface area contributed by atoms with Crippen molar-refractivity contribution in [3.05, 3.63) is 57.6 Å². The van der Waals surface area contributed by atoms with Gasteiger partial charge in [0.05, 0.1) is 6.61 Å². The maximum atomic E-state index is 11.2. The molecule has 0 amide bonds. The van der Waals surface area contributed by atoms with Gasteiger partial charge in [-0.15, -0.1) is 0 Å². The van der Waals surface area contributed by atoms with Gasteiger partial charge >= 0.3 is 5.97 Å². The number of benzene rings is 2. The highest BCUT2D eigenvalue weighted by Crippen LogP contribution is 2.25. The number of carboxylic acids is 1. The second kappa shape index (κ2) is 7.38. The summed E-state index contributed by atoms with van der Waals surface area (Å²) in [4.78, 5) is 11.2. The first-order valence-corrected chi connectivity index (χ1v) is 7.38. The maximum absolute atomic E-state index is 11.2. The first kappa shape index (κ1) is 16.5. The number of aromatic carboxylic acids is 1. The Morgan fingerprint density at radius 3 is 2.64 bits per heavy atom. The molecule has 0 saturated carbocycles. The molecule has 0 atom stereocenters. The summed E-state index contributed by atoms with van der Waals surface area (Å²) in [6, 6.07) is 10.1. The van der Waals surface area contributed by atoms with E-state index in [1.165, 1.54) is 6.07 Å². The van der Waals surface area contributed by atoms with Crippen LogP contribution < -0.4 is 10.1 Å². The molecule has 22 heavy (non-hydrogen) atoms. The zero-order valence-corrected chi connectivity index (χ0v) is 13.4. The van der Waals surface area contributed by atoms with Crippen molar-refractivity contribution in [2.75, 3.05) is 19.0 Å². The largest absolute Gasteiger partial charge is 0.492 e. The molecule has 0 aromatic heterocycles. The standard InChI is InChI=1S/C16H15Cl2NO3/c1-19-12-4-5-13(16(20)21)15(9-12)22-7-6-10-2-3-11(17)8-14(10)18/h2-5,8-9,19H,6-7H2,1H3,(H,20,21). The van der Waals surface area contributed by atoms with Crippen LogP contribution in [0.1, 0.15) is 15.9 Å². The summed E-state index contributed by atoms with van der Waals surface area (Å²) in [7, 11) is 1.76. The molecule has 6 heteroatoms. The lowest BCUT2D eigenvalue weighted by atomic mass is 10.1. The van der Waals surface area contributed by atoms with Crippen LogP contribution in [0.4, 0.5) is 5.69 Å². The molecule has 2 N–H and O–H groups in total. The Morgan fingerprint density at radius 1 is 1.23 bits per heavy atom. The van der Waals surface area contributed by atoms with Crippen molar-refractivity contribution in [2.45, 2.75) is 6.42 Å². The average Bonchev–Trinajstić information content (AvgIpc) is 2.49. The number of carboxylic acid groups (broad SMARTS) is 1. The van der Waals surface area contributed by atoms with Crippen molar-refractivity contribution in [3.63, 3.8) is 0 Å². The lowest BCUT2D eigenvalue weighted by Crippen LogP contribution is -2.07. The minimum absolute atomic E-state index is 0.126. The number of carbonyl (C=O) groups is 1. The van der Waals surface area contributed by atoms with Gasteiger partial charge in [-0.3, -0.25) is 0 Å². The van der Waals surface area contributed by atoms with Crippen molar-refractivity contribution >= 4 is 34.9 Å². The molecular weight excluding hydrogens is 325 g/mol.